The smallest absolute Gasteiger partial charge is 0.401 e. The summed E-state index contributed by atoms with van der Waals surface area (Å²) in [6.07, 6.45) is 4.70. The third-order valence-electron chi connectivity index (χ3n) is 3.46. The number of nitrogens with one attached hydrogen (secondary N) is 2. The van der Waals surface area contributed by atoms with E-state index in [-0.39, 0.29) is 23.5 Å². The Morgan fingerprint density at radius 3 is 2.75 bits per heavy atom. The Bertz CT molecular complexity index is 870. The molecule has 28 heavy (non-hydrogen) atoms. The second kappa shape index (κ2) is 10.2. The SMILES string of the molecule is CC(C)C[C@H](NC(=O)c1cccs1)C(=O)N/N=C/C=C/c1ccc([N+](=O)[O-])o1. The molecule has 148 valence electrons. The first-order valence-corrected chi connectivity index (χ1v) is 9.33. The van der Waals surface area contributed by atoms with Gasteiger partial charge in [0.25, 0.3) is 11.8 Å². The van der Waals surface area contributed by atoms with E-state index in [9.17, 15) is 19.7 Å². The topological polar surface area (TPSA) is 127 Å². The molecule has 2 aromatic heterocycles. The van der Waals surface area contributed by atoms with Crippen molar-refractivity contribution < 1.29 is 18.9 Å². The van der Waals surface area contributed by atoms with Gasteiger partial charge in [-0.25, -0.2) is 5.43 Å². The number of carbonyl (C=O) groups is 2. The van der Waals surface area contributed by atoms with Crippen molar-refractivity contribution in [3.8, 4) is 0 Å². The summed E-state index contributed by atoms with van der Waals surface area (Å²) in [4.78, 5) is 35.0. The summed E-state index contributed by atoms with van der Waals surface area (Å²) in [7, 11) is 0. The van der Waals surface area contributed by atoms with E-state index in [4.69, 9.17) is 4.42 Å². The number of hydrogen-bond acceptors (Lipinski definition) is 7. The van der Waals surface area contributed by atoms with Gasteiger partial charge in [-0.2, -0.15) is 5.10 Å². The van der Waals surface area contributed by atoms with Crippen LogP contribution in [-0.2, 0) is 4.79 Å². The average Bonchev–Trinajstić information content (AvgIpc) is 3.32. The predicted molar refractivity (Wildman–Crippen MR) is 106 cm³/mol. The summed E-state index contributed by atoms with van der Waals surface area (Å²) in [6.45, 7) is 3.90. The number of furan rings is 1. The summed E-state index contributed by atoms with van der Waals surface area (Å²) in [5.41, 5.74) is 2.38. The van der Waals surface area contributed by atoms with Crippen molar-refractivity contribution in [1.29, 1.82) is 0 Å². The minimum atomic E-state index is -0.719. The molecule has 2 N–H and O–H groups in total. The Kier molecular flexibility index (Phi) is 7.64. The van der Waals surface area contributed by atoms with E-state index in [0.29, 0.717) is 11.3 Å². The molecular weight excluding hydrogens is 384 g/mol. The molecule has 0 unspecified atom stereocenters. The van der Waals surface area contributed by atoms with Crippen LogP contribution >= 0.6 is 11.3 Å². The summed E-state index contributed by atoms with van der Waals surface area (Å²) in [6, 6.07) is 5.42. The molecule has 0 bridgehead atoms. The molecule has 2 aromatic rings. The lowest BCUT2D eigenvalue weighted by atomic mass is 10.0. The van der Waals surface area contributed by atoms with E-state index in [0.717, 1.165) is 0 Å². The van der Waals surface area contributed by atoms with Gasteiger partial charge >= 0.3 is 5.88 Å². The van der Waals surface area contributed by atoms with Gasteiger partial charge in [0.1, 0.15) is 16.7 Å². The number of hydrogen-bond donors (Lipinski definition) is 2. The highest BCUT2D eigenvalue weighted by atomic mass is 32.1. The lowest BCUT2D eigenvalue weighted by molar-refractivity contribution is -0.402. The van der Waals surface area contributed by atoms with Gasteiger partial charge < -0.3 is 9.73 Å². The van der Waals surface area contributed by atoms with Crippen LogP contribution in [0.2, 0.25) is 0 Å². The van der Waals surface area contributed by atoms with Crippen LogP contribution in [0.5, 0.6) is 0 Å². The van der Waals surface area contributed by atoms with Crippen molar-refractivity contribution in [3.05, 3.63) is 56.5 Å². The largest absolute Gasteiger partial charge is 0.433 e. The third kappa shape index (κ3) is 6.47. The maximum absolute atomic E-state index is 12.3. The Balaban J connectivity index is 1.90. The highest BCUT2D eigenvalue weighted by Crippen LogP contribution is 2.16. The molecule has 0 aromatic carbocycles. The molecule has 0 radical (unpaired) electrons. The van der Waals surface area contributed by atoms with Gasteiger partial charge in [-0.15, -0.1) is 11.3 Å². The minimum Gasteiger partial charge on any atom is -0.401 e. The molecule has 2 amide bonds. The maximum Gasteiger partial charge on any atom is 0.433 e. The number of carbonyl (C=O) groups excluding carboxylic acids is 2. The van der Waals surface area contributed by atoms with Crippen LogP contribution in [0.3, 0.4) is 0 Å². The lowest BCUT2D eigenvalue weighted by Gasteiger charge is -2.18. The monoisotopic (exact) mass is 404 g/mol. The molecule has 1 atom stereocenters. The molecule has 9 nitrogen and oxygen atoms in total. The van der Waals surface area contributed by atoms with E-state index >= 15 is 0 Å². The highest BCUT2D eigenvalue weighted by Gasteiger charge is 2.22. The number of hydrazone groups is 1. The summed E-state index contributed by atoms with van der Waals surface area (Å²) in [5.74, 6) is -0.623. The fourth-order valence-electron chi connectivity index (χ4n) is 2.23. The van der Waals surface area contributed by atoms with Gasteiger partial charge in [-0.3, -0.25) is 19.7 Å². The fraction of sp³-hybridized carbons (Fsp3) is 0.278. The van der Waals surface area contributed by atoms with Crippen LogP contribution < -0.4 is 10.7 Å². The van der Waals surface area contributed by atoms with Crippen LogP contribution in [0, 0.1) is 16.0 Å². The van der Waals surface area contributed by atoms with Gasteiger partial charge in [0, 0.05) is 6.21 Å². The zero-order chi connectivity index (χ0) is 20.5. The van der Waals surface area contributed by atoms with Crippen molar-refractivity contribution in [2.24, 2.45) is 11.0 Å². The number of nitrogens with zero attached hydrogens (tertiary/aromatic N) is 2. The number of thiophene rings is 1. The van der Waals surface area contributed by atoms with Crippen molar-refractivity contribution in [2.45, 2.75) is 26.3 Å². The van der Waals surface area contributed by atoms with Crippen LogP contribution in [0.4, 0.5) is 5.88 Å². The molecule has 0 saturated carbocycles. The molecule has 2 rings (SSSR count). The first kappa shape index (κ1) is 21.0. The van der Waals surface area contributed by atoms with E-state index in [1.165, 1.54) is 41.8 Å². The van der Waals surface area contributed by atoms with Crippen molar-refractivity contribution in [2.75, 3.05) is 0 Å². The third-order valence-corrected chi connectivity index (χ3v) is 4.33. The Labute approximate surface area is 165 Å². The van der Waals surface area contributed by atoms with Crippen LogP contribution in [0.1, 0.15) is 35.7 Å². The number of nitro groups is 1. The zero-order valence-electron chi connectivity index (χ0n) is 15.3. The van der Waals surface area contributed by atoms with Crippen molar-refractivity contribution >= 4 is 41.3 Å². The molecule has 0 spiro atoms. The first-order valence-electron chi connectivity index (χ1n) is 8.45. The fourth-order valence-corrected chi connectivity index (χ4v) is 2.86. The maximum atomic E-state index is 12.3. The molecule has 0 saturated heterocycles. The van der Waals surface area contributed by atoms with Gasteiger partial charge in [-0.05, 0) is 42.0 Å². The molecule has 0 fully saturated rings. The molecule has 0 aliphatic heterocycles. The number of rotatable bonds is 9. The van der Waals surface area contributed by atoms with Crippen LogP contribution in [0.25, 0.3) is 6.08 Å². The van der Waals surface area contributed by atoms with E-state index in [1.54, 1.807) is 17.5 Å². The molecule has 0 aliphatic rings. The standard InChI is InChI=1S/C18H20N4O5S/c1-12(2)11-14(20-18(24)15-6-4-10-28-15)17(23)21-19-9-3-5-13-7-8-16(27-13)22(25)26/h3-10,12,14H,11H2,1-2H3,(H,20,24)(H,21,23)/b5-3+,19-9+/t14-/m0/s1. The van der Waals surface area contributed by atoms with Gasteiger partial charge in [-0.1, -0.05) is 19.9 Å². The summed E-state index contributed by atoms with van der Waals surface area (Å²) < 4.78 is 4.95. The highest BCUT2D eigenvalue weighted by molar-refractivity contribution is 7.12. The van der Waals surface area contributed by atoms with E-state index in [1.807, 2.05) is 13.8 Å². The lowest BCUT2D eigenvalue weighted by Crippen LogP contribution is -2.46. The quantitative estimate of drug-likeness (QED) is 0.377. The van der Waals surface area contributed by atoms with Crippen molar-refractivity contribution in [1.82, 2.24) is 10.7 Å². The second-order valence-corrected chi connectivity index (χ2v) is 7.13. The van der Waals surface area contributed by atoms with E-state index < -0.39 is 16.9 Å². The molecule has 2 heterocycles. The molecular formula is C18H20N4O5S. The van der Waals surface area contributed by atoms with Crippen LogP contribution in [-0.4, -0.2) is 29.0 Å². The van der Waals surface area contributed by atoms with Crippen molar-refractivity contribution in [3.63, 3.8) is 0 Å². The molecule has 0 aliphatic carbocycles. The van der Waals surface area contributed by atoms with Crippen LogP contribution in [0.15, 0.2) is 45.2 Å². The van der Waals surface area contributed by atoms with Gasteiger partial charge in [0.2, 0.25) is 0 Å². The normalized spacial score (nSPS) is 12.5. The predicted octanol–water partition coefficient (Wildman–Crippen LogP) is 3.21. The molecule has 10 heteroatoms. The Morgan fingerprint density at radius 2 is 2.14 bits per heavy atom. The Hall–Kier alpha value is -3.27. The van der Waals surface area contributed by atoms with Gasteiger partial charge in [0.15, 0.2) is 0 Å². The Morgan fingerprint density at radius 1 is 1.36 bits per heavy atom. The number of amides is 2. The average molecular weight is 404 g/mol. The van der Waals surface area contributed by atoms with Gasteiger partial charge in [0.05, 0.1) is 10.9 Å². The van der Waals surface area contributed by atoms with E-state index in [2.05, 4.69) is 15.8 Å². The first-order chi connectivity index (χ1) is 13.4. The number of allylic oxidation sites excluding steroid dienone is 1. The summed E-state index contributed by atoms with van der Waals surface area (Å²) in [5, 5.41) is 18.8. The zero-order valence-corrected chi connectivity index (χ0v) is 16.1. The summed E-state index contributed by atoms with van der Waals surface area (Å²) >= 11 is 1.30. The minimum absolute atomic E-state index is 0.193. The second-order valence-electron chi connectivity index (χ2n) is 6.18.